The van der Waals surface area contributed by atoms with Crippen LogP contribution in [0.25, 0.3) is 0 Å². The molecule has 2 rings (SSSR count). The molecule has 5 heteroatoms. The standard InChI is InChI=1S/C13H15BrINO2/c14-11-5-4-9(15)6-10(11)13(18)16-12-3-1-2-8(12)7-17/h4-6,8,12,17H,1-3,7H2,(H,16,18). The molecule has 0 aliphatic heterocycles. The summed E-state index contributed by atoms with van der Waals surface area (Å²) in [6.07, 6.45) is 3.02. The zero-order valence-electron chi connectivity index (χ0n) is 9.83. The topological polar surface area (TPSA) is 49.3 Å². The Morgan fingerprint density at radius 2 is 2.28 bits per heavy atom. The van der Waals surface area contributed by atoms with E-state index in [0.29, 0.717) is 5.56 Å². The lowest BCUT2D eigenvalue weighted by molar-refractivity contribution is 0.0915. The van der Waals surface area contributed by atoms with Crippen LogP contribution in [0, 0.1) is 9.49 Å². The maximum Gasteiger partial charge on any atom is 0.252 e. The van der Waals surface area contributed by atoms with Crippen LogP contribution in [0.5, 0.6) is 0 Å². The van der Waals surface area contributed by atoms with Crippen LogP contribution in [0.2, 0.25) is 0 Å². The number of carbonyl (C=O) groups excluding carboxylic acids is 1. The molecule has 1 fully saturated rings. The highest BCUT2D eigenvalue weighted by Crippen LogP contribution is 2.26. The largest absolute Gasteiger partial charge is 0.396 e. The van der Waals surface area contributed by atoms with Crippen LogP contribution >= 0.6 is 38.5 Å². The Morgan fingerprint density at radius 3 is 3.00 bits per heavy atom. The lowest BCUT2D eigenvalue weighted by Crippen LogP contribution is -2.38. The van der Waals surface area contributed by atoms with Gasteiger partial charge in [0.25, 0.3) is 5.91 Å². The van der Waals surface area contributed by atoms with Crippen molar-refractivity contribution in [1.29, 1.82) is 0 Å². The minimum atomic E-state index is -0.0641. The normalized spacial score (nSPS) is 23.1. The van der Waals surface area contributed by atoms with Crippen molar-refractivity contribution in [2.24, 2.45) is 5.92 Å². The fourth-order valence-electron chi connectivity index (χ4n) is 2.36. The monoisotopic (exact) mass is 423 g/mol. The van der Waals surface area contributed by atoms with Gasteiger partial charge < -0.3 is 10.4 Å². The van der Waals surface area contributed by atoms with E-state index in [1.807, 2.05) is 18.2 Å². The second kappa shape index (κ2) is 6.34. The van der Waals surface area contributed by atoms with E-state index >= 15 is 0 Å². The summed E-state index contributed by atoms with van der Waals surface area (Å²) in [6, 6.07) is 5.80. The number of hydrogen-bond donors (Lipinski definition) is 2. The van der Waals surface area contributed by atoms with E-state index < -0.39 is 0 Å². The second-order valence-corrected chi connectivity index (χ2v) is 6.68. The van der Waals surface area contributed by atoms with Crippen molar-refractivity contribution in [3.05, 3.63) is 31.8 Å². The Balaban J connectivity index is 2.09. The number of halogens is 2. The Morgan fingerprint density at radius 1 is 1.50 bits per heavy atom. The summed E-state index contributed by atoms with van der Waals surface area (Å²) in [7, 11) is 0. The number of rotatable bonds is 3. The van der Waals surface area contributed by atoms with Crippen LogP contribution in [0.1, 0.15) is 29.6 Å². The predicted octanol–water partition coefficient (Wildman–Crippen LogP) is 2.94. The fraction of sp³-hybridized carbons (Fsp3) is 0.462. The molecule has 1 amide bonds. The summed E-state index contributed by atoms with van der Waals surface area (Å²) in [6.45, 7) is 0.151. The molecule has 3 nitrogen and oxygen atoms in total. The SMILES string of the molecule is O=C(NC1CCCC1CO)c1cc(I)ccc1Br. The summed E-state index contributed by atoms with van der Waals surface area (Å²) in [5.74, 6) is 0.140. The molecule has 0 saturated heterocycles. The Kier molecular flexibility index (Phi) is 5.03. The van der Waals surface area contributed by atoms with Gasteiger partial charge in [0, 0.05) is 26.6 Å². The molecule has 1 aliphatic rings. The molecule has 1 saturated carbocycles. The number of aliphatic hydroxyl groups is 1. The van der Waals surface area contributed by atoms with Crippen LogP contribution in [-0.2, 0) is 0 Å². The third kappa shape index (κ3) is 3.24. The molecule has 98 valence electrons. The molecule has 0 spiro atoms. The minimum Gasteiger partial charge on any atom is -0.396 e. The first-order valence-corrected chi connectivity index (χ1v) is 7.85. The number of benzene rings is 1. The smallest absolute Gasteiger partial charge is 0.252 e. The average Bonchev–Trinajstić information content (AvgIpc) is 2.79. The summed E-state index contributed by atoms with van der Waals surface area (Å²) in [5, 5.41) is 12.3. The van der Waals surface area contributed by atoms with Gasteiger partial charge in [-0.1, -0.05) is 6.42 Å². The quantitative estimate of drug-likeness (QED) is 0.734. The third-order valence-electron chi connectivity index (χ3n) is 3.38. The number of hydrogen-bond acceptors (Lipinski definition) is 2. The number of nitrogens with one attached hydrogen (secondary N) is 1. The molecule has 1 aromatic rings. The van der Waals surface area contributed by atoms with E-state index in [1.165, 1.54) is 0 Å². The van der Waals surface area contributed by atoms with Gasteiger partial charge in [0.15, 0.2) is 0 Å². The van der Waals surface area contributed by atoms with Crippen molar-refractivity contribution in [2.45, 2.75) is 25.3 Å². The molecule has 2 atom stereocenters. The Labute approximate surface area is 129 Å². The van der Waals surface area contributed by atoms with Crippen molar-refractivity contribution >= 4 is 44.4 Å². The van der Waals surface area contributed by atoms with Gasteiger partial charge in [-0.3, -0.25) is 4.79 Å². The van der Waals surface area contributed by atoms with Crippen molar-refractivity contribution in [3.63, 3.8) is 0 Å². The molecule has 1 aromatic carbocycles. The van der Waals surface area contributed by atoms with Crippen LogP contribution in [0.15, 0.2) is 22.7 Å². The number of amides is 1. The van der Waals surface area contributed by atoms with Crippen LogP contribution in [-0.4, -0.2) is 23.7 Å². The van der Waals surface area contributed by atoms with Crippen LogP contribution < -0.4 is 5.32 Å². The maximum absolute atomic E-state index is 12.2. The van der Waals surface area contributed by atoms with E-state index in [4.69, 9.17) is 0 Å². The van der Waals surface area contributed by atoms with Crippen molar-refractivity contribution < 1.29 is 9.90 Å². The number of aliphatic hydroxyl groups excluding tert-OH is 1. The summed E-state index contributed by atoms with van der Waals surface area (Å²) in [5.41, 5.74) is 0.658. The molecular weight excluding hydrogens is 409 g/mol. The van der Waals surface area contributed by atoms with Gasteiger partial charge in [0.1, 0.15) is 0 Å². The van der Waals surface area contributed by atoms with Crippen molar-refractivity contribution in [3.8, 4) is 0 Å². The summed E-state index contributed by atoms with van der Waals surface area (Å²) in [4.78, 5) is 12.2. The first-order valence-electron chi connectivity index (χ1n) is 5.98. The minimum absolute atomic E-state index is 0.0641. The third-order valence-corrected chi connectivity index (χ3v) is 4.75. The van der Waals surface area contributed by atoms with Gasteiger partial charge in [-0.15, -0.1) is 0 Å². The number of carbonyl (C=O) groups is 1. The van der Waals surface area contributed by atoms with Gasteiger partial charge in [-0.2, -0.15) is 0 Å². The van der Waals surface area contributed by atoms with Gasteiger partial charge in [0.05, 0.1) is 5.56 Å². The van der Waals surface area contributed by atoms with E-state index in [1.54, 1.807) is 0 Å². The molecule has 18 heavy (non-hydrogen) atoms. The maximum atomic E-state index is 12.2. The lowest BCUT2D eigenvalue weighted by Gasteiger charge is -2.19. The zero-order valence-corrected chi connectivity index (χ0v) is 13.6. The van der Waals surface area contributed by atoms with Gasteiger partial charge >= 0.3 is 0 Å². The molecule has 2 unspecified atom stereocenters. The highest BCUT2D eigenvalue weighted by Gasteiger charge is 2.28. The van der Waals surface area contributed by atoms with Gasteiger partial charge in [-0.25, -0.2) is 0 Å². The van der Waals surface area contributed by atoms with E-state index in [2.05, 4.69) is 43.8 Å². The van der Waals surface area contributed by atoms with Gasteiger partial charge in [-0.05, 0) is 69.6 Å². The first kappa shape index (κ1) is 14.3. The molecule has 0 aromatic heterocycles. The van der Waals surface area contributed by atoms with Crippen LogP contribution in [0.4, 0.5) is 0 Å². The van der Waals surface area contributed by atoms with E-state index in [-0.39, 0.29) is 24.5 Å². The van der Waals surface area contributed by atoms with Crippen LogP contribution in [0.3, 0.4) is 0 Å². The summed E-state index contributed by atoms with van der Waals surface area (Å²) < 4.78 is 1.84. The Hall–Kier alpha value is -0.140. The van der Waals surface area contributed by atoms with Gasteiger partial charge in [0.2, 0.25) is 0 Å². The highest BCUT2D eigenvalue weighted by atomic mass is 127. The van der Waals surface area contributed by atoms with E-state index in [9.17, 15) is 9.90 Å². The molecular formula is C13H15BrINO2. The van der Waals surface area contributed by atoms with Crippen molar-refractivity contribution in [1.82, 2.24) is 5.32 Å². The fourth-order valence-corrected chi connectivity index (χ4v) is 3.28. The predicted molar refractivity (Wildman–Crippen MR) is 82.5 cm³/mol. The first-order chi connectivity index (χ1) is 8.61. The molecule has 1 aliphatic carbocycles. The summed E-state index contributed by atoms with van der Waals surface area (Å²) >= 11 is 5.59. The second-order valence-electron chi connectivity index (χ2n) is 4.58. The zero-order chi connectivity index (χ0) is 13.1. The van der Waals surface area contributed by atoms with Crippen molar-refractivity contribution in [2.75, 3.05) is 6.61 Å². The average molecular weight is 424 g/mol. The molecule has 0 bridgehead atoms. The Bertz CT molecular complexity index is 453. The molecule has 0 heterocycles. The lowest BCUT2D eigenvalue weighted by atomic mass is 10.0. The highest BCUT2D eigenvalue weighted by molar-refractivity contribution is 14.1. The van der Waals surface area contributed by atoms with E-state index in [0.717, 1.165) is 27.3 Å². The molecule has 2 N–H and O–H groups in total. The molecule has 0 radical (unpaired) electrons.